The fourth-order valence-electron chi connectivity index (χ4n) is 4.69. The van der Waals surface area contributed by atoms with Crippen LogP contribution >= 0.6 is 0 Å². The molecule has 184 valence electrons. The number of benzene rings is 2. The maximum atomic E-state index is 13.2. The third kappa shape index (κ3) is 4.88. The van der Waals surface area contributed by atoms with Gasteiger partial charge >= 0.3 is 5.97 Å². The van der Waals surface area contributed by atoms with Gasteiger partial charge < -0.3 is 14.0 Å². The normalized spacial score (nSPS) is 15.2. The van der Waals surface area contributed by atoms with Gasteiger partial charge in [-0.3, -0.25) is 4.79 Å². The van der Waals surface area contributed by atoms with E-state index in [2.05, 4.69) is 9.67 Å². The molecular formula is C29H29N3O4. The molecule has 1 fully saturated rings. The van der Waals surface area contributed by atoms with Crippen LogP contribution in [0.25, 0.3) is 16.9 Å². The average molecular weight is 484 g/mol. The van der Waals surface area contributed by atoms with Crippen molar-refractivity contribution in [2.45, 2.75) is 39.3 Å². The van der Waals surface area contributed by atoms with E-state index in [1.807, 2.05) is 80.6 Å². The van der Waals surface area contributed by atoms with Crippen molar-refractivity contribution in [1.29, 1.82) is 0 Å². The molecule has 5 rings (SSSR count). The van der Waals surface area contributed by atoms with Crippen LogP contribution < -0.4 is 0 Å². The Bertz CT molecular complexity index is 1370. The van der Waals surface area contributed by atoms with Crippen LogP contribution in [0.1, 0.15) is 44.9 Å². The lowest BCUT2D eigenvalue weighted by atomic mass is 10.1. The first-order chi connectivity index (χ1) is 17.5. The molecule has 0 saturated carbocycles. The summed E-state index contributed by atoms with van der Waals surface area (Å²) in [4.78, 5) is 26.2. The Morgan fingerprint density at radius 1 is 1.03 bits per heavy atom. The van der Waals surface area contributed by atoms with E-state index in [-0.39, 0.29) is 18.5 Å². The number of aryl methyl sites for hydroxylation is 1. The Morgan fingerprint density at radius 2 is 1.75 bits per heavy atom. The summed E-state index contributed by atoms with van der Waals surface area (Å²) in [5.41, 5.74) is 4.86. The highest BCUT2D eigenvalue weighted by Crippen LogP contribution is 2.25. The SMILES string of the molecule is Cc1cc(C(=O)COC(=O)c2cn(-c3ccccc3)nc2-c2ccccc2)c(C)n1CC1CCCO1. The van der Waals surface area contributed by atoms with Gasteiger partial charge in [0.1, 0.15) is 11.3 Å². The third-order valence-corrected chi connectivity index (χ3v) is 6.62. The fourth-order valence-corrected chi connectivity index (χ4v) is 4.69. The number of esters is 1. The van der Waals surface area contributed by atoms with Gasteiger partial charge in [-0.25, -0.2) is 9.48 Å². The number of ketones is 1. The molecule has 36 heavy (non-hydrogen) atoms. The lowest BCUT2D eigenvalue weighted by Crippen LogP contribution is -2.18. The van der Waals surface area contributed by atoms with Crippen molar-refractivity contribution >= 4 is 11.8 Å². The van der Waals surface area contributed by atoms with E-state index in [1.165, 1.54) is 0 Å². The highest BCUT2D eigenvalue weighted by molar-refractivity contribution is 6.01. The molecule has 2 aromatic heterocycles. The molecule has 0 radical (unpaired) electrons. The Morgan fingerprint density at radius 3 is 2.44 bits per heavy atom. The maximum Gasteiger partial charge on any atom is 0.342 e. The topological polar surface area (TPSA) is 75.4 Å². The standard InChI is InChI=1S/C29H29N3O4/c1-20-16-25(21(2)31(20)17-24-14-9-15-35-24)27(33)19-36-29(34)26-18-32(23-12-7-4-8-13-23)30-28(26)22-10-5-3-6-11-22/h3-8,10-13,16,18,24H,9,14-15,17,19H2,1-2H3. The van der Waals surface area contributed by atoms with E-state index in [4.69, 9.17) is 9.47 Å². The van der Waals surface area contributed by atoms with Crippen molar-refractivity contribution in [3.8, 4) is 16.9 Å². The largest absolute Gasteiger partial charge is 0.454 e. The predicted octanol–water partition coefficient (Wildman–Crippen LogP) is 5.18. The molecule has 0 aliphatic carbocycles. The zero-order chi connectivity index (χ0) is 25.1. The molecule has 1 saturated heterocycles. The van der Waals surface area contributed by atoms with Crippen molar-refractivity contribution < 1.29 is 19.1 Å². The third-order valence-electron chi connectivity index (χ3n) is 6.62. The number of hydrogen-bond donors (Lipinski definition) is 0. The molecule has 4 aromatic rings. The number of ether oxygens (including phenoxy) is 2. The minimum Gasteiger partial charge on any atom is -0.454 e. The second-order valence-electron chi connectivity index (χ2n) is 9.07. The van der Waals surface area contributed by atoms with Gasteiger partial charge in [0.2, 0.25) is 5.78 Å². The molecule has 3 heterocycles. The maximum absolute atomic E-state index is 13.2. The molecule has 0 bridgehead atoms. The van der Waals surface area contributed by atoms with Gasteiger partial charge in [0, 0.05) is 41.9 Å². The van der Waals surface area contributed by atoms with E-state index >= 15 is 0 Å². The number of rotatable bonds is 8. The minimum atomic E-state index is -0.586. The molecule has 0 spiro atoms. The highest BCUT2D eigenvalue weighted by Gasteiger charge is 2.24. The minimum absolute atomic E-state index is 0.174. The van der Waals surface area contributed by atoms with Gasteiger partial charge in [0.15, 0.2) is 6.61 Å². The van der Waals surface area contributed by atoms with Gasteiger partial charge in [-0.05, 0) is 44.9 Å². The van der Waals surface area contributed by atoms with Gasteiger partial charge in [-0.2, -0.15) is 5.10 Å². The van der Waals surface area contributed by atoms with Crippen LogP contribution in [0.4, 0.5) is 0 Å². The molecule has 7 nitrogen and oxygen atoms in total. The van der Waals surface area contributed by atoms with Crippen LogP contribution in [0, 0.1) is 13.8 Å². The number of Topliss-reactive ketones (excluding diaryl/α,β-unsaturated/α-hetero) is 1. The fraction of sp³-hybridized carbons (Fsp3) is 0.276. The molecule has 0 N–H and O–H groups in total. The van der Waals surface area contributed by atoms with Gasteiger partial charge in [-0.15, -0.1) is 0 Å². The van der Waals surface area contributed by atoms with Crippen molar-refractivity contribution in [3.05, 3.63) is 95.4 Å². The Kier molecular flexibility index (Phi) is 6.82. The summed E-state index contributed by atoms with van der Waals surface area (Å²) < 4.78 is 15.0. The zero-order valence-electron chi connectivity index (χ0n) is 20.5. The van der Waals surface area contributed by atoms with Crippen LogP contribution in [0.5, 0.6) is 0 Å². The van der Waals surface area contributed by atoms with Gasteiger partial charge in [-0.1, -0.05) is 48.5 Å². The van der Waals surface area contributed by atoms with E-state index in [0.29, 0.717) is 16.8 Å². The number of aromatic nitrogens is 3. The zero-order valence-corrected chi connectivity index (χ0v) is 20.5. The molecular weight excluding hydrogens is 454 g/mol. The van der Waals surface area contributed by atoms with Crippen LogP contribution in [0.2, 0.25) is 0 Å². The molecule has 0 amide bonds. The molecule has 1 atom stereocenters. The number of nitrogens with zero attached hydrogens (tertiary/aromatic N) is 3. The lowest BCUT2D eigenvalue weighted by molar-refractivity contribution is 0.0475. The first-order valence-electron chi connectivity index (χ1n) is 12.2. The highest BCUT2D eigenvalue weighted by atomic mass is 16.5. The summed E-state index contributed by atoms with van der Waals surface area (Å²) in [6, 6.07) is 20.9. The number of carbonyl (C=O) groups excluding carboxylic acids is 2. The van der Waals surface area contributed by atoms with Crippen LogP contribution in [0.15, 0.2) is 72.9 Å². The Balaban J connectivity index is 1.35. The smallest absolute Gasteiger partial charge is 0.342 e. The van der Waals surface area contributed by atoms with Crippen LogP contribution in [0.3, 0.4) is 0 Å². The van der Waals surface area contributed by atoms with Crippen LogP contribution in [-0.2, 0) is 16.0 Å². The number of hydrogen-bond acceptors (Lipinski definition) is 5. The quantitative estimate of drug-likeness (QED) is 0.255. The second kappa shape index (κ2) is 10.3. The van der Waals surface area contributed by atoms with E-state index < -0.39 is 5.97 Å². The predicted molar refractivity (Wildman–Crippen MR) is 136 cm³/mol. The number of para-hydroxylation sites is 1. The summed E-state index contributed by atoms with van der Waals surface area (Å²) in [6.45, 7) is 5.08. The van der Waals surface area contributed by atoms with Crippen LogP contribution in [-0.4, -0.2) is 45.4 Å². The van der Waals surface area contributed by atoms with E-state index in [1.54, 1.807) is 10.9 Å². The Labute approximate surface area is 210 Å². The van der Waals surface area contributed by atoms with Gasteiger partial charge in [0.05, 0.1) is 11.8 Å². The molecule has 7 heteroatoms. The first kappa shape index (κ1) is 23.8. The first-order valence-corrected chi connectivity index (χ1v) is 12.2. The Hall–Kier alpha value is -3.97. The molecule has 1 aliphatic rings. The molecule has 2 aromatic carbocycles. The van der Waals surface area contributed by atoms with Crippen molar-refractivity contribution in [3.63, 3.8) is 0 Å². The van der Waals surface area contributed by atoms with E-state index in [0.717, 1.165) is 48.6 Å². The van der Waals surface area contributed by atoms with Gasteiger partial charge in [0.25, 0.3) is 0 Å². The average Bonchev–Trinajstić information content (AvgIpc) is 3.65. The summed E-state index contributed by atoms with van der Waals surface area (Å²) in [6.07, 6.45) is 3.92. The van der Waals surface area contributed by atoms with Crippen molar-refractivity contribution in [1.82, 2.24) is 14.3 Å². The summed E-state index contributed by atoms with van der Waals surface area (Å²) in [7, 11) is 0. The summed E-state index contributed by atoms with van der Waals surface area (Å²) >= 11 is 0. The molecule has 1 aliphatic heterocycles. The van der Waals surface area contributed by atoms with Crippen molar-refractivity contribution in [2.75, 3.05) is 13.2 Å². The monoisotopic (exact) mass is 483 g/mol. The summed E-state index contributed by atoms with van der Waals surface area (Å²) in [5, 5.41) is 4.65. The summed E-state index contributed by atoms with van der Waals surface area (Å²) in [5.74, 6) is -0.815. The number of carbonyl (C=O) groups is 2. The molecule has 1 unspecified atom stereocenters. The second-order valence-corrected chi connectivity index (χ2v) is 9.07. The van der Waals surface area contributed by atoms with Crippen molar-refractivity contribution in [2.24, 2.45) is 0 Å². The van der Waals surface area contributed by atoms with E-state index in [9.17, 15) is 9.59 Å². The lowest BCUT2D eigenvalue weighted by Gasteiger charge is -2.14.